The molecule has 0 spiro atoms. The Labute approximate surface area is 139 Å². The van der Waals surface area contributed by atoms with Crippen LogP contribution in [0.1, 0.15) is 23.2 Å². The zero-order chi connectivity index (χ0) is 16.1. The number of nitrogens with zero attached hydrogens (tertiary/aromatic N) is 1. The average molecular weight is 339 g/mol. The number of ether oxygens (including phenoxy) is 1. The van der Waals surface area contributed by atoms with Crippen LogP contribution in [-0.2, 0) is 11.2 Å². The molecule has 4 nitrogen and oxygen atoms in total. The number of carbonyl (C=O) groups is 1. The standard InChI is InChI=1S/C16H19ClN2O2S/c1-10-8-14(4-5-15(10)17)21-11(2)16(20)18-7-6-13-9-22-12(3)19-13/h4-5,8-9,11H,6-7H2,1-3H3,(H,18,20)/t11-/m1/s1. The number of aryl methyl sites for hydroxylation is 2. The van der Waals surface area contributed by atoms with Crippen LogP contribution in [0, 0.1) is 13.8 Å². The molecule has 1 N–H and O–H groups in total. The van der Waals surface area contributed by atoms with Crippen LogP contribution in [0.25, 0.3) is 0 Å². The third-order valence-electron chi connectivity index (χ3n) is 3.16. The molecule has 22 heavy (non-hydrogen) atoms. The average Bonchev–Trinajstić information content (AvgIpc) is 2.88. The summed E-state index contributed by atoms with van der Waals surface area (Å²) in [5, 5.41) is 6.59. The van der Waals surface area contributed by atoms with Crippen molar-refractivity contribution in [1.82, 2.24) is 10.3 Å². The van der Waals surface area contributed by atoms with Gasteiger partial charge in [-0.05, 0) is 44.5 Å². The number of nitrogens with one attached hydrogen (secondary N) is 1. The van der Waals surface area contributed by atoms with Crippen LogP contribution in [0.2, 0.25) is 5.02 Å². The van der Waals surface area contributed by atoms with Crippen molar-refractivity contribution < 1.29 is 9.53 Å². The molecule has 6 heteroatoms. The Morgan fingerprint density at radius 2 is 2.23 bits per heavy atom. The van der Waals surface area contributed by atoms with E-state index in [0.717, 1.165) is 22.7 Å². The number of halogens is 1. The second-order valence-corrected chi connectivity index (χ2v) is 6.54. The fraction of sp³-hybridized carbons (Fsp3) is 0.375. The SMILES string of the molecule is Cc1nc(CCNC(=O)[C@@H](C)Oc2ccc(Cl)c(C)c2)cs1. The van der Waals surface area contributed by atoms with Gasteiger partial charge in [-0.15, -0.1) is 11.3 Å². The highest BCUT2D eigenvalue weighted by atomic mass is 35.5. The van der Waals surface area contributed by atoms with Gasteiger partial charge in [-0.1, -0.05) is 11.6 Å². The molecule has 1 aromatic carbocycles. The zero-order valence-corrected chi connectivity index (χ0v) is 14.4. The molecule has 0 aliphatic rings. The topological polar surface area (TPSA) is 51.2 Å². The van der Waals surface area contributed by atoms with Gasteiger partial charge in [0, 0.05) is 23.4 Å². The molecule has 1 heterocycles. The summed E-state index contributed by atoms with van der Waals surface area (Å²) in [5.74, 6) is 0.499. The Hall–Kier alpha value is -1.59. The molecule has 2 rings (SSSR count). The van der Waals surface area contributed by atoms with Crippen molar-refractivity contribution in [2.45, 2.75) is 33.3 Å². The van der Waals surface area contributed by atoms with Crippen molar-refractivity contribution in [2.75, 3.05) is 6.54 Å². The first-order chi connectivity index (χ1) is 10.5. The van der Waals surface area contributed by atoms with Crippen molar-refractivity contribution in [2.24, 2.45) is 0 Å². The third kappa shape index (κ3) is 4.71. The van der Waals surface area contributed by atoms with Crippen LogP contribution < -0.4 is 10.1 Å². The first-order valence-corrected chi connectivity index (χ1v) is 8.33. The molecule has 0 fully saturated rings. The normalized spacial score (nSPS) is 12.0. The van der Waals surface area contributed by atoms with Gasteiger partial charge in [0.05, 0.1) is 10.7 Å². The van der Waals surface area contributed by atoms with E-state index in [-0.39, 0.29) is 5.91 Å². The molecule has 0 saturated heterocycles. The fourth-order valence-electron chi connectivity index (χ4n) is 1.93. The first kappa shape index (κ1) is 16.8. The highest BCUT2D eigenvalue weighted by molar-refractivity contribution is 7.09. The lowest BCUT2D eigenvalue weighted by atomic mass is 10.2. The van der Waals surface area contributed by atoms with Crippen molar-refractivity contribution >= 4 is 28.8 Å². The van der Waals surface area contributed by atoms with E-state index in [0.29, 0.717) is 17.3 Å². The predicted molar refractivity (Wildman–Crippen MR) is 89.8 cm³/mol. The maximum absolute atomic E-state index is 12.0. The van der Waals surface area contributed by atoms with Gasteiger partial charge in [-0.3, -0.25) is 4.79 Å². The third-order valence-corrected chi connectivity index (χ3v) is 4.40. The Kier molecular flexibility index (Phi) is 5.80. The quantitative estimate of drug-likeness (QED) is 0.876. The number of benzene rings is 1. The summed E-state index contributed by atoms with van der Waals surface area (Å²) in [7, 11) is 0. The van der Waals surface area contributed by atoms with Gasteiger partial charge < -0.3 is 10.1 Å². The maximum atomic E-state index is 12.0. The molecule has 118 valence electrons. The molecular formula is C16H19ClN2O2S. The second-order valence-electron chi connectivity index (χ2n) is 5.07. The van der Waals surface area contributed by atoms with E-state index in [1.165, 1.54) is 0 Å². The Morgan fingerprint density at radius 3 is 2.86 bits per heavy atom. The van der Waals surface area contributed by atoms with E-state index in [1.54, 1.807) is 30.4 Å². The van der Waals surface area contributed by atoms with E-state index in [1.807, 2.05) is 25.3 Å². The number of amides is 1. The molecule has 0 unspecified atom stereocenters. The van der Waals surface area contributed by atoms with Gasteiger partial charge in [0.15, 0.2) is 6.10 Å². The van der Waals surface area contributed by atoms with Crippen molar-refractivity contribution in [3.05, 3.63) is 44.9 Å². The summed E-state index contributed by atoms with van der Waals surface area (Å²) in [5.41, 5.74) is 1.93. The van der Waals surface area contributed by atoms with Gasteiger partial charge in [0.2, 0.25) is 0 Å². The number of carbonyl (C=O) groups excluding carboxylic acids is 1. The summed E-state index contributed by atoms with van der Waals surface area (Å²) in [6.07, 6.45) is 0.167. The summed E-state index contributed by atoms with van der Waals surface area (Å²) in [6, 6.07) is 5.35. The molecule has 0 aliphatic heterocycles. The van der Waals surface area contributed by atoms with Crippen LogP contribution >= 0.6 is 22.9 Å². The van der Waals surface area contributed by atoms with Crippen molar-refractivity contribution in [3.63, 3.8) is 0 Å². The highest BCUT2D eigenvalue weighted by Gasteiger charge is 2.14. The van der Waals surface area contributed by atoms with Gasteiger partial charge in [-0.25, -0.2) is 4.98 Å². The van der Waals surface area contributed by atoms with Crippen molar-refractivity contribution in [1.29, 1.82) is 0 Å². The van der Waals surface area contributed by atoms with E-state index >= 15 is 0 Å². The van der Waals surface area contributed by atoms with Crippen LogP contribution in [0.3, 0.4) is 0 Å². The molecule has 0 saturated carbocycles. The molecule has 2 aromatic rings. The van der Waals surface area contributed by atoms with E-state index in [2.05, 4.69) is 10.3 Å². The van der Waals surface area contributed by atoms with Crippen LogP contribution in [-0.4, -0.2) is 23.5 Å². The monoisotopic (exact) mass is 338 g/mol. The smallest absolute Gasteiger partial charge is 0.260 e. The number of hydrogen-bond acceptors (Lipinski definition) is 4. The minimum atomic E-state index is -0.558. The van der Waals surface area contributed by atoms with E-state index in [9.17, 15) is 4.79 Å². The lowest BCUT2D eigenvalue weighted by Gasteiger charge is -2.15. The molecular weight excluding hydrogens is 320 g/mol. The van der Waals surface area contributed by atoms with Crippen LogP contribution in [0.15, 0.2) is 23.6 Å². The highest BCUT2D eigenvalue weighted by Crippen LogP contribution is 2.21. The number of rotatable bonds is 6. The summed E-state index contributed by atoms with van der Waals surface area (Å²) in [6.45, 7) is 6.15. The number of aromatic nitrogens is 1. The van der Waals surface area contributed by atoms with Gasteiger partial charge in [-0.2, -0.15) is 0 Å². The first-order valence-electron chi connectivity index (χ1n) is 7.07. The van der Waals surface area contributed by atoms with Gasteiger partial charge >= 0.3 is 0 Å². The minimum Gasteiger partial charge on any atom is -0.481 e. The van der Waals surface area contributed by atoms with Crippen LogP contribution in [0.4, 0.5) is 0 Å². The Morgan fingerprint density at radius 1 is 1.45 bits per heavy atom. The van der Waals surface area contributed by atoms with Gasteiger partial charge in [0.1, 0.15) is 5.75 Å². The largest absolute Gasteiger partial charge is 0.481 e. The lowest BCUT2D eigenvalue weighted by Crippen LogP contribution is -2.37. The summed E-state index contributed by atoms with van der Waals surface area (Å²) < 4.78 is 5.63. The van der Waals surface area contributed by atoms with Crippen LogP contribution in [0.5, 0.6) is 5.75 Å². The molecule has 1 amide bonds. The fourth-order valence-corrected chi connectivity index (χ4v) is 2.69. The van der Waals surface area contributed by atoms with E-state index in [4.69, 9.17) is 16.3 Å². The second kappa shape index (κ2) is 7.61. The minimum absolute atomic E-state index is 0.139. The molecule has 1 atom stereocenters. The maximum Gasteiger partial charge on any atom is 0.260 e. The zero-order valence-electron chi connectivity index (χ0n) is 12.9. The lowest BCUT2D eigenvalue weighted by molar-refractivity contribution is -0.127. The number of thiazole rings is 1. The Bertz CT molecular complexity index is 657. The summed E-state index contributed by atoms with van der Waals surface area (Å²) in [4.78, 5) is 16.4. The van der Waals surface area contributed by atoms with Gasteiger partial charge in [0.25, 0.3) is 5.91 Å². The molecule has 0 aliphatic carbocycles. The predicted octanol–water partition coefficient (Wildman–Crippen LogP) is 3.54. The summed E-state index contributed by atoms with van der Waals surface area (Å²) >= 11 is 7.58. The molecule has 1 aromatic heterocycles. The number of hydrogen-bond donors (Lipinski definition) is 1. The van der Waals surface area contributed by atoms with E-state index < -0.39 is 6.10 Å². The molecule has 0 radical (unpaired) electrons. The van der Waals surface area contributed by atoms with Crippen molar-refractivity contribution in [3.8, 4) is 5.75 Å². The molecule has 0 bridgehead atoms. The Balaban J connectivity index is 1.80.